The highest BCUT2D eigenvalue weighted by molar-refractivity contribution is 6.30. The Kier molecular flexibility index (Phi) is 7.45. The highest BCUT2D eigenvalue weighted by atomic mass is 35.5. The summed E-state index contributed by atoms with van der Waals surface area (Å²) >= 11 is 5.85. The number of nitrogens with one attached hydrogen (secondary N) is 3. The minimum Gasteiger partial charge on any atom is -0.349 e. The van der Waals surface area contributed by atoms with Crippen molar-refractivity contribution in [1.29, 1.82) is 0 Å². The van der Waals surface area contributed by atoms with Gasteiger partial charge in [0.05, 0.1) is 11.3 Å². The van der Waals surface area contributed by atoms with Gasteiger partial charge in [-0.15, -0.1) is 12.4 Å². The summed E-state index contributed by atoms with van der Waals surface area (Å²) in [5.41, 5.74) is 1.44. The lowest BCUT2D eigenvalue weighted by atomic mass is 10.1. The molecule has 1 aliphatic rings. The molecule has 3 rings (SSSR count). The van der Waals surface area contributed by atoms with Crippen molar-refractivity contribution in [2.45, 2.75) is 18.9 Å². The summed E-state index contributed by atoms with van der Waals surface area (Å²) in [6.45, 7) is 1.81. The van der Waals surface area contributed by atoms with E-state index in [0.717, 1.165) is 25.9 Å². The maximum Gasteiger partial charge on any atom is 0.255 e. The zero-order valence-electron chi connectivity index (χ0n) is 14.1. The molecule has 2 aromatic carbocycles. The lowest BCUT2D eigenvalue weighted by molar-refractivity contribution is 0.0930. The van der Waals surface area contributed by atoms with Gasteiger partial charge in [0.2, 0.25) is 0 Å². The minimum absolute atomic E-state index is 0. The molecule has 5 nitrogen and oxygen atoms in total. The average molecular weight is 394 g/mol. The fourth-order valence-electron chi connectivity index (χ4n) is 2.82. The van der Waals surface area contributed by atoms with Gasteiger partial charge in [-0.05, 0) is 62.3 Å². The van der Waals surface area contributed by atoms with E-state index in [0.29, 0.717) is 21.8 Å². The highest BCUT2D eigenvalue weighted by Gasteiger charge is 2.19. The first-order valence-corrected chi connectivity index (χ1v) is 8.69. The number of rotatable bonds is 4. The third-order valence-electron chi connectivity index (χ3n) is 4.20. The summed E-state index contributed by atoms with van der Waals surface area (Å²) < 4.78 is 0. The lowest BCUT2D eigenvalue weighted by Gasteiger charge is -2.24. The Hall–Kier alpha value is -2.08. The molecule has 2 aromatic rings. The Bertz CT molecular complexity index is 760. The van der Waals surface area contributed by atoms with Gasteiger partial charge in [0, 0.05) is 16.6 Å². The van der Waals surface area contributed by atoms with Crippen LogP contribution >= 0.6 is 24.0 Å². The van der Waals surface area contributed by atoms with Crippen molar-refractivity contribution < 1.29 is 9.59 Å². The number of hydrogen-bond acceptors (Lipinski definition) is 3. The Morgan fingerprint density at radius 1 is 0.962 bits per heavy atom. The zero-order chi connectivity index (χ0) is 17.6. The van der Waals surface area contributed by atoms with Crippen molar-refractivity contribution >= 4 is 41.5 Å². The van der Waals surface area contributed by atoms with Gasteiger partial charge in [0.15, 0.2) is 0 Å². The molecule has 1 heterocycles. The van der Waals surface area contributed by atoms with E-state index in [4.69, 9.17) is 11.6 Å². The highest BCUT2D eigenvalue weighted by Crippen LogP contribution is 2.18. The Labute approximate surface area is 163 Å². The number of carbonyl (C=O) groups excluding carboxylic acids is 2. The molecule has 7 heteroatoms. The monoisotopic (exact) mass is 393 g/mol. The van der Waals surface area contributed by atoms with Gasteiger partial charge in [-0.25, -0.2) is 0 Å². The summed E-state index contributed by atoms with van der Waals surface area (Å²) in [5.74, 6) is -0.447. The van der Waals surface area contributed by atoms with Crippen LogP contribution in [0.25, 0.3) is 0 Å². The molecule has 0 aromatic heterocycles. The van der Waals surface area contributed by atoms with Crippen molar-refractivity contribution in [2.24, 2.45) is 0 Å². The van der Waals surface area contributed by atoms with Crippen LogP contribution in [-0.4, -0.2) is 30.9 Å². The summed E-state index contributed by atoms with van der Waals surface area (Å²) in [4.78, 5) is 25.0. The number of amides is 2. The molecule has 2 amide bonds. The van der Waals surface area contributed by atoms with Crippen LogP contribution in [0.5, 0.6) is 0 Å². The van der Waals surface area contributed by atoms with E-state index in [2.05, 4.69) is 16.0 Å². The number of carbonyl (C=O) groups is 2. The minimum atomic E-state index is -0.279. The lowest BCUT2D eigenvalue weighted by Crippen LogP contribution is -2.42. The molecule has 1 aliphatic heterocycles. The fourth-order valence-corrected chi connectivity index (χ4v) is 2.94. The third-order valence-corrected chi connectivity index (χ3v) is 4.45. The van der Waals surface area contributed by atoms with Crippen LogP contribution < -0.4 is 16.0 Å². The van der Waals surface area contributed by atoms with Gasteiger partial charge in [-0.3, -0.25) is 9.59 Å². The molecule has 26 heavy (non-hydrogen) atoms. The summed E-state index contributed by atoms with van der Waals surface area (Å²) in [6.07, 6.45) is 1.82. The van der Waals surface area contributed by atoms with Crippen LogP contribution in [0.1, 0.15) is 33.6 Å². The molecule has 1 fully saturated rings. The number of benzene rings is 2. The van der Waals surface area contributed by atoms with Gasteiger partial charge < -0.3 is 16.0 Å². The molecule has 0 unspecified atom stereocenters. The number of piperidine rings is 1. The van der Waals surface area contributed by atoms with Crippen molar-refractivity contribution in [3.05, 3.63) is 64.7 Å². The molecule has 138 valence electrons. The molecule has 0 bridgehead atoms. The standard InChI is InChI=1S/C19H20ClN3O2.ClH/c20-14-7-5-13(6-8-14)18(24)23-17-4-2-1-3-16(17)19(25)22-15-9-11-21-12-10-15;/h1-8,15,21H,9-12H2,(H,22,25)(H,23,24);1H. The molecule has 0 atom stereocenters. The van der Waals surface area contributed by atoms with Crippen LogP contribution in [0.15, 0.2) is 48.5 Å². The maximum atomic E-state index is 12.6. The number of para-hydroxylation sites is 1. The normalized spacial score (nSPS) is 14.2. The maximum absolute atomic E-state index is 12.6. The first-order valence-electron chi connectivity index (χ1n) is 8.31. The van der Waals surface area contributed by atoms with E-state index in [1.165, 1.54) is 0 Å². The SMILES string of the molecule is Cl.O=C(Nc1ccccc1C(=O)NC1CCNCC1)c1ccc(Cl)cc1. The summed E-state index contributed by atoms with van der Waals surface area (Å²) in [7, 11) is 0. The van der Waals surface area contributed by atoms with Crippen LogP contribution in [0.2, 0.25) is 5.02 Å². The van der Waals surface area contributed by atoms with Crippen molar-refractivity contribution in [3.63, 3.8) is 0 Å². The number of halogens is 2. The number of hydrogen-bond donors (Lipinski definition) is 3. The molecule has 0 saturated carbocycles. The molecule has 0 spiro atoms. The van der Waals surface area contributed by atoms with E-state index in [1.54, 1.807) is 48.5 Å². The Morgan fingerprint density at radius 3 is 2.31 bits per heavy atom. The van der Waals surface area contributed by atoms with Crippen LogP contribution in [0.3, 0.4) is 0 Å². The fraction of sp³-hybridized carbons (Fsp3) is 0.263. The van der Waals surface area contributed by atoms with Gasteiger partial charge in [-0.1, -0.05) is 23.7 Å². The Balaban J connectivity index is 0.00000243. The third kappa shape index (κ3) is 5.21. The van der Waals surface area contributed by atoms with E-state index < -0.39 is 0 Å². The molecule has 3 N–H and O–H groups in total. The van der Waals surface area contributed by atoms with Crippen molar-refractivity contribution in [1.82, 2.24) is 10.6 Å². The van der Waals surface area contributed by atoms with Gasteiger partial charge in [-0.2, -0.15) is 0 Å². The second-order valence-electron chi connectivity index (χ2n) is 6.00. The van der Waals surface area contributed by atoms with Crippen LogP contribution in [0.4, 0.5) is 5.69 Å². The molecule has 0 radical (unpaired) electrons. The second kappa shape index (κ2) is 9.57. The van der Waals surface area contributed by atoms with E-state index in [9.17, 15) is 9.59 Å². The average Bonchev–Trinajstić information content (AvgIpc) is 2.63. The predicted octanol–water partition coefficient (Wildman–Crippen LogP) is 3.50. The number of anilines is 1. The largest absolute Gasteiger partial charge is 0.349 e. The van der Waals surface area contributed by atoms with Gasteiger partial charge >= 0.3 is 0 Å². The second-order valence-corrected chi connectivity index (χ2v) is 6.44. The first kappa shape index (κ1) is 20.2. The van der Waals surface area contributed by atoms with Crippen LogP contribution in [0, 0.1) is 0 Å². The first-order chi connectivity index (χ1) is 12.1. The smallest absolute Gasteiger partial charge is 0.255 e. The topological polar surface area (TPSA) is 70.2 Å². The van der Waals surface area contributed by atoms with Crippen molar-refractivity contribution in [3.8, 4) is 0 Å². The van der Waals surface area contributed by atoms with Gasteiger partial charge in [0.1, 0.15) is 0 Å². The van der Waals surface area contributed by atoms with Crippen molar-refractivity contribution in [2.75, 3.05) is 18.4 Å². The summed E-state index contributed by atoms with van der Waals surface area (Å²) in [5, 5.41) is 9.70. The molecular formula is C19H21Cl2N3O2. The van der Waals surface area contributed by atoms with E-state index in [1.807, 2.05) is 0 Å². The molecule has 0 aliphatic carbocycles. The van der Waals surface area contributed by atoms with Gasteiger partial charge in [0.25, 0.3) is 11.8 Å². The predicted molar refractivity (Wildman–Crippen MR) is 106 cm³/mol. The molecular weight excluding hydrogens is 373 g/mol. The summed E-state index contributed by atoms with van der Waals surface area (Å²) in [6, 6.07) is 13.8. The van der Waals surface area contributed by atoms with E-state index in [-0.39, 0.29) is 30.3 Å². The quantitative estimate of drug-likeness (QED) is 0.744. The molecule has 1 saturated heterocycles. The van der Waals surface area contributed by atoms with Crippen LogP contribution in [-0.2, 0) is 0 Å². The zero-order valence-corrected chi connectivity index (χ0v) is 15.7. The van der Waals surface area contributed by atoms with E-state index >= 15 is 0 Å². The Morgan fingerprint density at radius 2 is 1.62 bits per heavy atom.